The Kier molecular flexibility index (Phi) is 5.19. The Hall–Kier alpha value is -1.56. The maximum Gasteiger partial charge on any atom is 0.131 e. The van der Waals surface area contributed by atoms with Gasteiger partial charge in [0.05, 0.1) is 5.69 Å². The Morgan fingerprint density at radius 3 is 2.70 bits per heavy atom. The fourth-order valence-corrected chi connectivity index (χ4v) is 4.77. The van der Waals surface area contributed by atoms with Crippen LogP contribution in [0.3, 0.4) is 0 Å². The molecule has 0 atom stereocenters. The third-order valence-electron chi connectivity index (χ3n) is 6.13. The minimum Gasteiger partial charge on any atom is -0.486 e. The van der Waals surface area contributed by atoms with Crippen LogP contribution in [0.5, 0.6) is 5.75 Å². The van der Waals surface area contributed by atoms with Gasteiger partial charge in [-0.2, -0.15) is 5.10 Å². The number of aromatic nitrogens is 2. The highest BCUT2D eigenvalue weighted by Crippen LogP contribution is 2.40. The van der Waals surface area contributed by atoms with E-state index in [2.05, 4.69) is 28.2 Å². The van der Waals surface area contributed by atoms with Crippen molar-refractivity contribution >= 4 is 11.6 Å². The SMILES string of the molecule is Cc1nn(C)c(Cl)c1CN1Cc2ccccc2OC2(CCC(CO)CC2)C1. The molecule has 0 amide bonds. The lowest BCUT2D eigenvalue weighted by Crippen LogP contribution is -2.48. The summed E-state index contributed by atoms with van der Waals surface area (Å²) >= 11 is 6.50. The molecule has 0 unspecified atom stereocenters. The Morgan fingerprint density at radius 2 is 2.04 bits per heavy atom. The van der Waals surface area contributed by atoms with Gasteiger partial charge in [0, 0.05) is 44.4 Å². The summed E-state index contributed by atoms with van der Waals surface area (Å²) in [6.07, 6.45) is 3.98. The minimum absolute atomic E-state index is 0.194. The van der Waals surface area contributed by atoms with Crippen molar-refractivity contribution in [3.8, 4) is 5.75 Å². The number of rotatable bonds is 3. The molecule has 2 aliphatic rings. The highest BCUT2D eigenvalue weighted by molar-refractivity contribution is 6.30. The highest BCUT2D eigenvalue weighted by atomic mass is 35.5. The number of fused-ring (bicyclic) bond motifs is 1. The van der Waals surface area contributed by atoms with Gasteiger partial charge in [0.25, 0.3) is 0 Å². The van der Waals surface area contributed by atoms with Crippen molar-refractivity contribution in [2.45, 2.75) is 51.3 Å². The number of aliphatic hydroxyl groups is 1. The molecule has 1 spiro atoms. The molecule has 5 nitrogen and oxygen atoms in total. The van der Waals surface area contributed by atoms with Crippen LogP contribution >= 0.6 is 11.6 Å². The molecule has 1 saturated carbocycles. The molecule has 2 heterocycles. The molecule has 1 aromatic heterocycles. The molecule has 0 bridgehead atoms. The summed E-state index contributed by atoms with van der Waals surface area (Å²) in [5.74, 6) is 1.40. The zero-order chi connectivity index (χ0) is 19.0. The van der Waals surface area contributed by atoms with Crippen molar-refractivity contribution in [3.05, 3.63) is 46.2 Å². The second kappa shape index (κ2) is 7.46. The van der Waals surface area contributed by atoms with E-state index in [-0.39, 0.29) is 12.2 Å². The van der Waals surface area contributed by atoms with Crippen molar-refractivity contribution in [2.24, 2.45) is 13.0 Å². The number of ether oxygens (including phenoxy) is 1. The molecule has 1 aromatic carbocycles. The van der Waals surface area contributed by atoms with E-state index in [0.717, 1.165) is 62.3 Å². The van der Waals surface area contributed by atoms with Crippen LogP contribution in [0.1, 0.15) is 42.5 Å². The number of nitrogens with zero attached hydrogens (tertiary/aromatic N) is 3. The second-order valence-electron chi connectivity index (χ2n) is 8.14. The van der Waals surface area contributed by atoms with Crippen molar-refractivity contribution in [1.82, 2.24) is 14.7 Å². The first kappa shape index (κ1) is 18.8. The van der Waals surface area contributed by atoms with Crippen molar-refractivity contribution in [2.75, 3.05) is 13.2 Å². The first-order valence-corrected chi connectivity index (χ1v) is 10.2. The molecule has 27 heavy (non-hydrogen) atoms. The monoisotopic (exact) mass is 389 g/mol. The first-order valence-electron chi connectivity index (χ1n) is 9.78. The number of aryl methyl sites for hydroxylation is 2. The molecular weight excluding hydrogens is 362 g/mol. The van der Waals surface area contributed by atoms with E-state index in [4.69, 9.17) is 16.3 Å². The van der Waals surface area contributed by atoms with Gasteiger partial charge >= 0.3 is 0 Å². The van der Waals surface area contributed by atoms with E-state index in [1.807, 2.05) is 20.0 Å². The van der Waals surface area contributed by atoms with Crippen LogP contribution < -0.4 is 4.74 Å². The normalized spacial score (nSPS) is 25.9. The van der Waals surface area contributed by atoms with Crippen LogP contribution in [-0.4, -0.2) is 38.5 Å². The zero-order valence-electron chi connectivity index (χ0n) is 16.1. The largest absolute Gasteiger partial charge is 0.486 e. The average molecular weight is 390 g/mol. The summed E-state index contributed by atoms with van der Waals surface area (Å²) in [4.78, 5) is 2.45. The van der Waals surface area contributed by atoms with Crippen molar-refractivity contribution in [3.63, 3.8) is 0 Å². The lowest BCUT2D eigenvalue weighted by atomic mass is 9.78. The molecule has 1 N–H and O–H groups in total. The van der Waals surface area contributed by atoms with Gasteiger partial charge in [-0.15, -0.1) is 0 Å². The van der Waals surface area contributed by atoms with Crippen LogP contribution in [0.4, 0.5) is 0 Å². The fraction of sp³-hybridized carbons (Fsp3) is 0.571. The highest BCUT2D eigenvalue weighted by Gasteiger charge is 2.41. The molecule has 146 valence electrons. The Morgan fingerprint density at radius 1 is 1.30 bits per heavy atom. The van der Waals surface area contributed by atoms with Gasteiger partial charge in [-0.25, -0.2) is 0 Å². The zero-order valence-corrected chi connectivity index (χ0v) is 16.9. The number of aliphatic hydroxyl groups excluding tert-OH is 1. The summed E-state index contributed by atoms with van der Waals surface area (Å²) in [6.45, 7) is 4.77. The van der Waals surface area contributed by atoms with E-state index in [9.17, 15) is 5.11 Å². The van der Waals surface area contributed by atoms with E-state index in [0.29, 0.717) is 11.1 Å². The third kappa shape index (κ3) is 3.73. The van der Waals surface area contributed by atoms with Gasteiger partial charge < -0.3 is 9.84 Å². The standard InChI is InChI=1S/C21H28ClN3O2/c1-15-18(20(22)24(2)23-15)12-25-11-17-5-3-4-6-19(17)27-21(14-25)9-7-16(13-26)8-10-21/h3-6,16,26H,7-14H2,1-2H3. The van der Waals surface area contributed by atoms with Crippen LogP contribution in [-0.2, 0) is 20.1 Å². The minimum atomic E-state index is -0.194. The maximum atomic E-state index is 9.53. The Balaban J connectivity index is 1.63. The molecule has 1 aliphatic heterocycles. The number of hydrogen-bond acceptors (Lipinski definition) is 4. The van der Waals surface area contributed by atoms with Gasteiger partial charge in [0.1, 0.15) is 16.5 Å². The molecule has 0 radical (unpaired) electrons. The third-order valence-corrected chi connectivity index (χ3v) is 6.60. The van der Waals surface area contributed by atoms with Crippen LogP contribution in [0, 0.1) is 12.8 Å². The van der Waals surface area contributed by atoms with Crippen LogP contribution in [0.15, 0.2) is 24.3 Å². The van der Waals surface area contributed by atoms with Crippen LogP contribution in [0.25, 0.3) is 0 Å². The van der Waals surface area contributed by atoms with E-state index >= 15 is 0 Å². The molecule has 2 aromatic rings. The molecule has 6 heteroatoms. The Labute approximate surface area is 165 Å². The number of halogens is 1. The summed E-state index contributed by atoms with van der Waals surface area (Å²) in [5, 5.41) is 14.7. The van der Waals surface area contributed by atoms with Gasteiger partial charge in [-0.05, 0) is 44.6 Å². The molecule has 0 saturated heterocycles. The fourth-order valence-electron chi connectivity index (χ4n) is 4.54. The predicted octanol–water partition coefficient (Wildman–Crippen LogP) is 3.70. The van der Waals surface area contributed by atoms with Gasteiger partial charge in [-0.1, -0.05) is 29.8 Å². The summed E-state index contributed by atoms with van der Waals surface area (Å²) in [6, 6.07) is 8.35. The topological polar surface area (TPSA) is 50.5 Å². The van der Waals surface area contributed by atoms with Crippen molar-refractivity contribution in [1.29, 1.82) is 0 Å². The van der Waals surface area contributed by atoms with E-state index in [1.54, 1.807) is 4.68 Å². The maximum absolute atomic E-state index is 9.53. The lowest BCUT2D eigenvalue weighted by molar-refractivity contribution is -0.0154. The number of para-hydroxylation sites is 1. The number of benzene rings is 1. The second-order valence-corrected chi connectivity index (χ2v) is 8.50. The lowest BCUT2D eigenvalue weighted by Gasteiger charge is -2.41. The molecular formula is C21H28ClN3O2. The van der Waals surface area contributed by atoms with Gasteiger partial charge in [-0.3, -0.25) is 9.58 Å². The van der Waals surface area contributed by atoms with Crippen LogP contribution in [0.2, 0.25) is 5.15 Å². The summed E-state index contributed by atoms with van der Waals surface area (Å²) < 4.78 is 8.38. The Bertz CT molecular complexity index is 812. The smallest absolute Gasteiger partial charge is 0.131 e. The first-order chi connectivity index (χ1) is 13.0. The number of hydrogen-bond donors (Lipinski definition) is 1. The molecule has 4 rings (SSSR count). The quantitative estimate of drug-likeness (QED) is 0.869. The van der Waals surface area contributed by atoms with E-state index < -0.39 is 0 Å². The summed E-state index contributed by atoms with van der Waals surface area (Å²) in [5.41, 5.74) is 3.11. The van der Waals surface area contributed by atoms with Crippen molar-refractivity contribution < 1.29 is 9.84 Å². The predicted molar refractivity (Wildman–Crippen MR) is 106 cm³/mol. The summed E-state index contributed by atoms with van der Waals surface area (Å²) in [7, 11) is 1.89. The van der Waals surface area contributed by atoms with Gasteiger partial charge in [0.15, 0.2) is 0 Å². The van der Waals surface area contributed by atoms with Gasteiger partial charge in [0.2, 0.25) is 0 Å². The van der Waals surface area contributed by atoms with E-state index in [1.165, 1.54) is 5.56 Å². The average Bonchev–Trinajstić information content (AvgIpc) is 2.82. The molecule has 1 aliphatic carbocycles. The molecule has 1 fully saturated rings.